The van der Waals surface area contributed by atoms with Gasteiger partial charge in [0.05, 0.1) is 27.1 Å². The maximum atomic E-state index is 13.0. The van der Waals surface area contributed by atoms with Crippen molar-refractivity contribution < 1.29 is 9.59 Å². The molecule has 0 bridgehead atoms. The van der Waals surface area contributed by atoms with Gasteiger partial charge in [0, 0.05) is 27.0 Å². The third-order valence-electron chi connectivity index (χ3n) is 5.56. The van der Waals surface area contributed by atoms with Gasteiger partial charge < -0.3 is 5.32 Å². The molecule has 0 aliphatic heterocycles. The fourth-order valence-corrected chi connectivity index (χ4v) is 6.89. The summed E-state index contributed by atoms with van der Waals surface area (Å²) in [5.74, 6) is -2.09. The molecule has 36 heavy (non-hydrogen) atoms. The van der Waals surface area contributed by atoms with Crippen LogP contribution in [0, 0.1) is 5.92 Å². The third-order valence-corrected chi connectivity index (χ3v) is 8.91. The Balaban J connectivity index is 1.30. The summed E-state index contributed by atoms with van der Waals surface area (Å²) in [5, 5.41) is 10.9. The molecule has 2 aromatic carbocycles. The summed E-state index contributed by atoms with van der Waals surface area (Å²) in [6.45, 7) is 0. The number of hydrogen-bond acceptors (Lipinski definition) is 5. The molecule has 2 amide bonds. The number of amides is 2. The van der Waals surface area contributed by atoms with Gasteiger partial charge in [-0.05, 0) is 53.4 Å². The Kier molecular flexibility index (Phi) is 7.26. The molecule has 2 aromatic heterocycles. The van der Waals surface area contributed by atoms with Crippen molar-refractivity contribution in [2.75, 3.05) is 10.6 Å². The van der Waals surface area contributed by atoms with Crippen molar-refractivity contribution >= 4 is 103 Å². The van der Waals surface area contributed by atoms with E-state index in [1.807, 2.05) is 22.9 Å². The summed E-state index contributed by atoms with van der Waals surface area (Å²) in [5.41, 5.74) is 1.99. The summed E-state index contributed by atoms with van der Waals surface area (Å²) >= 11 is 34.2. The van der Waals surface area contributed by atoms with E-state index in [-0.39, 0.29) is 10.6 Å². The van der Waals surface area contributed by atoms with Crippen LogP contribution >= 0.6 is 80.7 Å². The van der Waals surface area contributed by atoms with Gasteiger partial charge in [0.1, 0.15) is 4.33 Å². The van der Waals surface area contributed by atoms with Crippen molar-refractivity contribution in [2.45, 2.75) is 10.3 Å². The van der Waals surface area contributed by atoms with Crippen LogP contribution in [0.3, 0.4) is 0 Å². The number of aromatic nitrogens is 1. The van der Waals surface area contributed by atoms with Crippen LogP contribution in [0.5, 0.6) is 0 Å². The molecule has 0 spiro atoms. The van der Waals surface area contributed by atoms with Crippen LogP contribution in [-0.4, -0.2) is 21.1 Å². The fourth-order valence-electron chi connectivity index (χ4n) is 3.85. The lowest BCUT2D eigenvalue weighted by atomic mass is 10.1. The highest BCUT2D eigenvalue weighted by atomic mass is 35.5. The number of halogens is 5. The first-order chi connectivity index (χ1) is 17.1. The lowest BCUT2D eigenvalue weighted by Crippen LogP contribution is -2.18. The molecule has 184 valence electrons. The van der Waals surface area contributed by atoms with Crippen LogP contribution in [0.4, 0.5) is 10.8 Å². The molecular formula is C24H14Cl5N3O2S2. The number of hydrogen-bond donors (Lipinski definition) is 2. The lowest BCUT2D eigenvalue weighted by molar-refractivity contribution is -0.117. The smallest absolute Gasteiger partial charge is 0.259 e. The predicted molar refractivity (Wildman–Crippen MR) is 151 cm³/mol. The molecule has 0 radical (unpaired) electrons. The second kappa shape index (κ2) is 10.1. The lowest BCUT2D eigenvalue weighted by Gasteiger charge is -2.09. The number of anilines is 2. The number of thiophene rings is 1. The van der Waals surface area contributed by atoms with Crippen molar-refractivity contribution in [3.05, 3.63) is 85.5 Å². The number of benzene rings is 2. The minimum Gasteiger partial charge on any atom is -0.326 e. The van der Waals surface area contributed by atoms with Crippen molar-refractivity contribution in [1.29, 1.82) is 0 Å². The van der Waals surface area contributed by atoms with Crippen molar-refractivity contribution in [3.63, 3.8) is 0 Å². The summed E-state index contributed by atoms with van der Waals surface area (Å²) in [7, 11) is 0. The van der Waals surface area contributed by atoms with E-state index in [2.05, 4.69) is 15.6 Å². The molecule has 2 heterocycles. The first-order valence-electron chi connectivity index (χ1n) is 10.4. The Bertz CT molecular complexity index is 1450. The Morgan fingerprint density at radius 3 is 2.39 bits per heavy atom. The SMILES string of the molecule is O=C(Nc1nc(-c2cccs2)cs1)c1cc(NC(=O)[C@@H]2[C@@H](c3cc(Cl)cc(Cl)c3)C2(Cl)Cl)ccc1Cl. The zero-order valence-electron chi connectivity index (χ0n) is 17.9. The van der Waals surface area contributed by atoms with Gasteiger partial charge in [-0.1, -0.05) is 40.9 Å². The first kappa shape index (κ1) is 25.8. The van der Waals surface area contributed by atoms with E-state index in [0.717, 1.165) is 10.6 Å². The molecule has 5 nitrogen and oxygen atoms in total. The number of nitrogens with zero attached hydrogens (tertiary/aromatic N) is 1. The molecule has 5 rings (SSSR count). The molecule has 2 N–H and O–H groups in total. The van der Waals surface area contributed by atoms with E-state index in [1.54, 1.807) is 35.6 Å². The molecule has 12 heteroatoms. The van der Waals surface area contributed by atoms with Crippen LogP contribution in [-0.2, 0) is 4.79 Å². The summed E-state index contributed by atoms with van der Waals surface area (Å²) in [6, 6.07) is 13.4. The Hall–Kier alpha value is -1.84. The van der Waals surface area contributed by atoms with Gasteiger partial charge in [0.25, 0.3) is 5.91 Å². The maximum Gasteiger partial charge on any atom is 0.259 e. The molecule has 0 unspecified atom stereocenters. The highest BCUT2D eigenvalue weighted by Crippen LogP contribution is 2.65. The quantitative estimate of drug-likeness (QED) is 0.213. The molecule has 1 saturated carbocycles. The first-order valence-corrected chi connectivity index (χ1v) is 14.0. The highest BCUT2D eigenvalue weighted by Gasteiger charge is 2.67. The van der Waals surface area contributed by atoms with Crippen molar-refractivity contribution in [1.82, 2.24) is 4.98 Å². The largest absolute Gasteiger partial charge is 0.326 e. The molecule has 4 aromatic rings. The van der Waals surface area contributed by atoms with Crippen LogP contribution < -0.4 is 10.6 Å². The van der Waals surface area contributed by atoms with Gasteiger partial charge in [-0.3, -0.25) is 14.9 Å². The second-order valence-corrected chi connectivity index (χ2v) is 12.5. The standard InChI is InChI=1S/C24H14Cl5N3O2S2/c25-12-6-11(7-13(26)8-12)19-20(24(19,28)29)22(34)30-14-3-4-16(27)15(9-14)21(33)32-23-31-17(10-36-23)18-2-1-5-35-18/h1-10,19-20H,(H,30,34)(H,31,32,33)/t19-,20+/m1/s1. The number of carbonyl (C=O) groups excluding carboxylic acids is 2. The molecule has 1 aliphatic rings. The van der Waals surface area contributed by atoms with E-state index in [1.165, 1.54) is 23.5 Å². The molecule has 0 saturated heterocycles. The average Bonchev–Trinajstić information content (AvgIpc) is 3.23. The van der Waals surface area contributed by atoms with E-state index >= 15 is 0 Å². The predicted octanol–water partition coefficient (Wildman–Crippen LogP) is 8.61. The zero-order chi connectivity index (χ0) is 25.6. The van der Waals surface area contributed by atoms with Crippen LogP contribution in [0.2, 0.25) is 15.1 Å². The number of alkyl halides is 2. The van der Waals surface area contributed by atoms with E-state index in [4.69, 9.17) is 58.0 Å². The minimum absolute atomic E-state index is 0.180. The van der Waals surface area contributed by atoms with Gasteiger partial charge in [-0.15, -0.1) is 45.9 Å². The van der Waals surface area contributed by atoms with E-state index in [9.17, 15) is 9.59 Å². The highest BCUT2D eigenvalue weighted by molar-refractivity contribution is 7.16. The topological polar surface area (TPSA) is 71.1 Å². The number of carbonyl (C=O) groups is 2. The Morgan fingerprint density at radius 2 is 1.69 bits per heavy atom. The molecule has 1 fully saturated rings. The molecular weight excluding hydrogens is 604 g/mol. The summed E-state index contributed by atoms with van der Waals surface area (Å²) in [4.78, 5) is 31.4. The number of nitrogens with one attached hydrogen (secondary N) is 2. The average molecular weight is 618 g/mol. The Labute approximate surface area is 239 Å². The number of rotatable bonds is 6. The summed E-state index contributed by atoms with van der Waals surface area (Å²) in [6.07, 6.45) is 0. The van der Waals surface area contributed by atoms with Crippen LogP contribution in [0.1, 0.15) is 21.8 Å². The van der Waals surface area contributed by atoms with Gasteiger partial charge in [-0.25, -0.2) is 4.98 Å². The van der Waals surface area contributed by atoms with Crippen molar-refractivity contribution in [2.24, 2.45) is 5.92 Å². The second-order valence-electron chi connectivity index (χ2n) is 7.99. The van der Waals surface area contributed by atoms with E-state index < -0.39 is 28.0 Å². The van der Waals surface area contributed by atoms with Gasteiger partial charge in [-0.2, -0.15) is 0 Å². The van der Waals surface area contributed by atoms with Gasteiger partial charge in [0.15, 0.2) is 5.13 Å². The Morgan fingerprint density at radius 1 is 0.944 bits per heavy atom. The third kappa shape index (κ3) is 5.24. The molecule has 2 atom stereocenters. The maximum absolute atomic E-state index is 13.0. The number of thiazole rings is 1. The van der Waals surface area contributed by atoms with Crippen LogP contribution in [0.15, 0.2) is 59.3 Å². The minimum atomic E-state index is -1.32. The normalized spacial score (nSPS) is 18.0. The monoisotopic (exact) mass is 615 g/mol. The van der Waals surface area contributed by atoms with Gasteiger partial charge >= 0.3 is 0 Å². The summed E-state index contributed by atoms with van der Waals surface area (Å²) < 4.78 is -1.32. The van der Waals surface area contributed by atoms with Crippen molar-refractivity contribution in [3.8, 4) is 10.6 Å². The van der Waals surface area contributed by atoms with E-state index in [0.29, 0.717) is 26.4 Å². The molecule has 1 aliphatic carbocycles. The fraction of sp³-hybridized carbons (Fsp3) is 0.125. The van der Waals surface area contributed by atoms with Crippen LogP contribution in [0.25, 0.3) is 10.6 Å². The van der Waals surface area contributed by atoms with Gasteiger partial charge in [0.2, 0.25) is 5.91 Å². The zero-order valence-corrected chi connectivity index (χ0v) is 23.3.